The summed E-state index contributed by atoms with van der Waals surface area (Å²) < 4.78 is 25.0. The number of hydrogen-bond donors (Lipinski definition) is 1. The van der Waals surface area contributed by atoms with E-state index in [1.54, 1.807) is 4.90 Å². The molecule has 1 atom stereocenters. The minimum Gasteiger partial charge on any atom is -0.451 e. The highest BCUT2D eigenvalue weighted by molar-refractivity contribution is 5.97. The molecule has 0 spiro atoms. The van der Waals surface area contributed by atoms with Gasteiger partial charge in [-0.2, -0.15) is 0 Å². The summed E-state index contributed by atoms with van der Waals surface area (Å²) in [4.78, 5) is 36.0. The monoisotopic (exact) mass is 445 g/mol. The van der Waals surface area contributed by atoms with E-state index in [2.05, 4.69) is 9.97 Å². The highest BCUT2D eigenvalue weighted by Gasteiger charge is 2.28. The molecule has 1 fully saturated rings. The number of amides is 2. The number of halogens is 1. The summed E-state index contributed by atoms with van der Waals surface area (Å²) in [5.74, 6) is 0.372. The fraction of sp³-hybridized carbons (Fsp3) is 0.455. The largest absolute Gasteiger partial charge is 0.451 e. The van der Waals surface area contributed by atoms with Crippen LogP contribution in [0.3, 0.4) is 0 Å². The first-order chi connectivity index (χ1) is 15.3. The average Bonchev–Trinajstić information content (AvgIpc) is 3.23. The van der Waals surface area contributed by atoms with Crippen molar-refractivity contribution in [3.05, 3.63) is 42.1 Å². The molecule has 2 N–H and O–H groups in total. The second kappa shape index (κ2) is 10.3. The molecular weight excluding hydrogens is 417 g/mol. The van der Waals surface area contributed by atoms with E-state index >= 15 is 0 Å². The lowest BCUT2D eigenvalue weighted by Gasteiger charge is -2.26. The van der Waals surface area contributed by atoms with Gasteiger partial charge in [0, 0.05) is 31.6 Å². The number of ether oxygens (including phenoxy) is 2. The van der Waals surface area contributed by atoms with Crippen LogP contribution >= 0.6 is 0 Å². The fourth-order valence-corrected chi connectivity index (χ4v) is 3.76. The lowest BCUT2D eigenvalue weighted by molar-refractivity contribution is 0.0713. The Balaban J connectivity index is 1.85. The predicted molar refractivity (Wildman–Crippen MR) is 116 cm³/mol. The van der Waals surface area contributed by atoms with Crippen molar-refractivity contribution in [2.75, 3.05) is 31.1 Å². The Kier molecular flexibility index (Phi) is 7.45. The number of carbonyl (C=O) groups excluding carboxylic acids is 2. The molecule has 9 nitrogen and oxygen atoms in total. The first-order valence-electron chi connectivity index (χ1n) is 10.6. The van der Waals surface area contributed by atoms with Crippen LogP contribution in [0.4, 0.5) is 15.0 Å². The van der Waals surface area contributed by atoms with E-state index < -0.39 is 11.9 Å². The molecule has 1 saturated heterocycles. The molecule has 0 bridgehead atoms. The molecule has 2 heterocycles. The smallest absolute Gasteiger partial charge is 0.404 e. The minimum absolute atomic E-state index is 0.0524. The van der Waals surface area contributed by atoms with Crippen molar-refractivity contribution in [2.24, 2.45) is 11.7 Å². The summed E-state index contributed by atoms with van der Waals surface area (Å²) in [5.41, 5.74) is 5.18. The maximum Gasteiger partial charge on any atom is 0.404 e. The van der Waals surface area contributed by atoms with Crippen LogP contribution in [0.25, 0.3) is 0 Å². The molecule has 0 unspecified atom stereocenters. The van der Waals surface area contributed by atoms with Crippen molar-refractivity contribution in [1.29, 1.82) is 0 Å². The number of aromatic nitrogens is 2. The lowest BCUT2D eigenvalue weighted by atomic mass is 10.1. The van der Waals surface area contributed by atoms with Crippen molar-refractivity contribution in [2.45, 2.75) is 33.2 Å². The zero-order chi connectivity index (χ0) is 23.3. The first-order valence-corrected chi connectivity index (χ1v) is 10.6. The third-order valence-corrected chi connectivity index (χ3v) is 5.32. The van der Waals surface area contributed by atoms with Gasteiger partial charge in [-0.15, -0.1) is 0 Å². The number of nitrogens with zero attached hydrogens (tertiary/aromatic N) is 4. The van der Waals surface area contributed by atoms with Crippen LogP contribution < -0.4 is 15.4 Å². The molecule has 1 aromatic carbocycles. The van der Waals surface area contributed by atoms with E-state index in [4.69, 9.17) is 15.2 Å². The van der Waals surface area contributed by atoms with Crippen LogP contribution in [0.15, 0.2) is 30.7 Å². The summed E-state index contributed by atoms with van der Waals surface area (Å²) in [6, 6.07) is 3.80. The highest BCUT2D eigenvalue weighted by atomic mass is 19.1. The quantitative estimate of drug-likeness (QED) is 0.664. The number of nitrogens with two attached hydrogens (primary N) is 1. The Morgan fingerprint density at radius 2 is 2.12 bits per heavy atom. The summed E-state index contributed by atoms with van der Waals surface area (Å²) in [6.07, 6.45) is 2.90. The Hall–Kier alpha value is -3.43. The molecule has 32 heavy (non-hydrogen) atoms. The SMILES string of the molecule is CCN(C(=O)c1cc(F)ccc1Oc1cncnc1N1CC[C@H](COC(N)=O)C1)C(C)C. The van der Waals surface area contributed by atoms with Crippen molar-refractivity contribution in [3.8, 4) is 11.5 Å². The van der Waals surface area contributed by atoms with Crippen LogP contribution in [-0.2, 0) is 4.74 Å². The molecule has 3 rings (SSSR count). The number of carbonyl (C=O) groups is 2. The number of benzene rings is 1. The zero-order valence-electron chi connectivity index (χ0n) is 18.5. The molecule has 2 aromatic rings. The molecule has 172 valence electrons. The normalized spacial score (nSPS) is 15.7. The van der Waals surface area contributed by atoms with E-state index in [9.17, 15) is 14.0 Å². The number of rotatable bonds is 8. The zero-order valence-corrected chi connectivity index (χ0v) is 18.5. The Bertz CT molecular complexity index is 971. The van der Waals surface area contributed by atoms with Gasteiger partial charge in [-0.25, -0.2) is 19.2 Å². The van der Waals surface area contributed by atoms with E-state index in [1.165, 1.54) is 30.7 Å². The molecule has 0 radical (unpaired) electrons. The van der Waals surface area contributed by atoms with Gasteiger partial charge in [0.15, 0.2) is 11.6 Å². The van der Waals surface area contributed by atoms with Gasteiger partial charge in [0.25, 0.3) is 5.91 Å². The number of anilines is 1. The maximum atomic E-state index is 14.0. The molecule has 1 aliphatic heterocycles. The second-order valence-electron chi connectivity index (χ2n) is 7.87. The topological polar surface area (TPSA) is 111 Å². The molecule has 10 heteroatoms. The van der Waals surface area contributed by atoms with Crippen molar-refractivity contribution < 1.29 is 23.5 Å². The van der Waals surface area contributed by atoms with Crippen molar-refractivity contribution in [1.82, 2.24) is 14.9 Å². The highest BCUT2D eigenvalue weighted by Crippen LogP contribution is 2.35. The second-order valence-corrected chi connectivity index (χ2v) is 7.87. The standard InChI is InChI=1S/C22H28FN5O4/c1-4-28(14(2)3)21(29)17-9-16(23)5-6-18(17)32-19-10-25-13-26-20(19)27-8-7-15(11-27)12-31-22(24)30/h5-6,9-10,13-15H,4,7-8,11-12H2,1-3H3,(H2,24,30)/t15-/m0/s1. The van der Waals surface area contributed by atoms with Crippen LogP contribution in [0, 0.1) is 11.7 Å². The van der Waals surface area contributed by atoms with Crippen LogP contribution in [-0.4, -0.2) is 59.2 Å². The predicted octanol–water partition coefficient (Wildman–Crippen LogP) is 3.20. The third kappa shape index (κ3) is 5.43. The van der Waals surface area contributed by atoms with Crippen LogP contribution in [0.2, 0.25) is 0 Å². The molecule has 0 aliphatic carbocycles. The van der Waals surface area contributed by atoms with E-state index in [1.807, 2.05) is 25.7 Å². The molecule has 1 aromatic heterocycles. The van der Waals surface area contributed by atoms with Crippen molar-refractivity contribution in [3.63, 3.8) is 0 Å². The molecule has 1 aliphatic rings. The van der Waals surface area contributed by atoms with E-state index in [-0.39, 0.29) is 35.8 Å². The van der Waals surface area contributed by atoms with Gasteiger partial charge in [-0.05, 0) is 45.4 Å². The van der Waals surface area contributed by atoms with E-state index in [0.29, 0.717) is 31.2 Å². The van der Waals surface area contributed by atoms with Crippen molar-refractivity contribution >= 4 is 17.8 Å². The molecule has 0 saturated carbocycles. The maximum absolute atomic E-state index is 14.0. The van der Waals surface area contributed by atoms with Gasteiger partial charge in [0.05, 0.1) is 18.4 Å². The Morgan fingerprint density at radius 3 is 2.81 bits per heavy atom. The summed E-state index contributed by atoms with van der Waals surface area (Å²) in [6.45, 7) is 7.64. The Morgan fingerprint density at radius 1 is 1.34 bits per heavy atom. The first kappa shape index (κ1) is 23.2. The van der Waals surface area contributed by atoms with Gasteiger partial charge in [-0.1, -0.05) is 0 Å². The summed E-state index contributed by atoms with van der Waals surface area (Å²) in [5, 5.41) is 0. The Labute approximate surface area is 186 Å². The van der Waals surface area contributed by atoms with Gasteiger partial charge in [-0.3, -0.25) is 4.79 Å². The van der Waals surface area contributed by atoms with E-state index in [0.717, 1.165) is 6.42 Å². The fourth-order valence-electron chi connectivity index (χ4n) is 3.76. The van der Waals surface area contributed by atoms with Crippen LogP contribution in [0.1, 0.15) is 37.6 Å². The lowest BCUT2D eigenvalue weighted by Crippen LogP contribution is -2.36. The van der Waals surface area contributed by atoms with Crippen LogP contribution in [0.5, 0.6) is 11.5 Å². The summed E-state index contributed by atoms with van der Waals surface area (Å²) in [7, 11) is 0. The minimum atomic E-state index is -0.800. The molecule has 2 amide bonds. The van der Waals surface area contributed by atoms with Gasteiger partial charge >= 0.3 is 6.09 Å². The van der Waals surface area contributed by atoms with Gasteiger partial charge in [0.1, 0.15) is 17.9 Å². The molecular formula is C22H28FN5O4. The third-order valence-electron chi connectivity index (χ3n) is 5.32. The van der Waals surface area contributed by atoms with Gasteiger partial charge < -0.3 is 25.0 Å². The number of hydrogen-bond acceptors (Lipinski definition) is 7. The average molecular weight is 445 g/mol. The van der Waals surface area contributed by atoms with Gasteiger partial charge in [0.2, 0.25) is 0 Å². The number of primary amides is 1. The summed E-state index contributed by atoms with van der Waals surface area (Å²) >= 11 is 0.